The summed E-state index contributed by atoms with van der Waals surface area (Å²) in [5, 5.41) is 6.67. The Hall–Kier alpha value is -1.13. The molecule has 27 heavy (non-hydrogen) atoms. The summed E-state index contributed by atoms with van der Waals surface area (Å²) in [6.45, 7) is 6.62. The molecule has 1 heterocycles. The molecule has 2 atom stereocenters. The summed E-state index contributed by atoms with van der Waals surface area (Å²) in [6.07, 6.45) is 0.642. The summed E-state index contributed by atoms with van der Waals surface area (Å²) in [5.41, 5.74) is 0. The van der Waals surface area contributed by atoms with E-state index in [0.29, 0.717) is 12.6 Å². The van der Waals surface area contributed by atoms with Crippen LogP contribution in [0.15, 0.2) is 29.3 Å². The minimum absolute atomic E-state index is 0. The zero-order valence-electron chi connectivity index (χ0n) is 16.7. The van der Waals surface area contributed by atoms with Gasteiger partial charge in [0.15, 0.2) is 17.5 Å². The number of piperazine rings is 1. The third-order valence-electron chi connectivity index (χ3n) is 4.79. The molecule has 1 aromatic carbocycles. The Bertz CT molecular complexity index is 589. The van der Waals surface area contributed by atoms with Crippen molar-refractivity contribution < 1.29 is 9.13 Å². The average molecular weight is 493 g/mol. The fourth-order valence-corrected chi connectivity index (χ4v) is 2.96. The maximum Gasteiger partial charge on any atom is 0.191 e. The molecule has 1 fully saturated rings. The van der Waals surface area contributed by atoms with Gasteiger partial charge in [-0.25, -0.2) is 4.39 Å². The lowest BCUT2D eigenvalue weighted by Gasteiger charge is -2.38. The summed E-state index contributed by atoms with van der Waals surface area (Å²) < 4.78 is 19.5. The molecule has 0 saturated carbocycles. The number of guanidine groups is 1. The standard InChI is InChI=1S/C19H32FN5O.HI/c1-5-16(26-18-9-7-6-8-17(18)20)13-23-19(21-2)22-12-15-14-24(3)10-11-25(15)4;/h6-9,15-16H,5,10-14H2,1-4H3,(H2,21,22,23);1H. The molecule has 2 unspecified atom stereocenters. The highest BCUT2D eigenvalue weighted by Gasteiger charge is 2.22. The van der Waals surface area contributed by atoms with Crippen molar-refractivity contribution in [2.45, 2.75) is 25.5 Å². The summed E-state index contributed by atoms with van der Waals surface area (Å²) in [7, 11) is 6.06. The van der Waals surface area contributed by atoms with Gasteiger partial charge in [0.2, 0.25) is 0 Å². The maximum absolute atomic E-state index is 13.8. The normalized spacial score (nSPS) is 19.9. The van der Waals surface area contributed by atoms with Gasteiger partial charge < -0.3 is 20.3 Å². The van der Waals surface area contributed by atoms with E-state index in [4.69, 9.17) is 4.74 Å². The van der Waals surface area contributed by atoms with E-state index < -0.39 is 0 Å². The number of likely N-dealkylation sites (N-methyl/N-ethyl adjacent to an activating group) is 2. The molecular formula is C19H33FIN5O. The Balaban J connectivity index is 0.00000364. The molecule has 1 aliphatic rings. The Morgan fingerprint density at radius 3 is 2.70 bits per heavy atom. The molecule has 0 radical (unpaired) electrons. The highest BCUT2D eigenvalue weighted by molar-refractivity contribution is 14.0. The van der Waals surface area contributed by atoms with Crippen molar-refractivity contribution in [3.63, 3.8) is 0 Å². The van der Waals surface area contributed by atoms with E-state index in [0.717, 1.165) is 38.6 Å². The summed E-state index contributed by atoms with van der Waals surface area (Å²) in [5.74, 6) is 0.691. The molecule has 2 rings (SSSR count). The van der Waals surface area contributed by atoms with Gasteiger partial charge in [-0.05, 0) is 32.6 Å². The molecule has 0 aromatic heterocycles. The largest absolute Gasteiger partial charge is 0.486 e. The summed E-state index contributed by atoms with van der Waals surface area (Å²) in [6, 6.07) is 6.95. The number of rotatable bonds is 7. The van der Waals surface area contributed by atoms with Crippen LogP contribution in [0.5, 0.6) is 5.75 Å². The first-order valence-electron chi connectivity index (χ1n) is 9.28. The average Bonchev–Trinajstić information content (AvgIpc) is 2.64. The van der Waals surface area contributed by atoms with Crippen molar-refractivity contribution >= 4 is 29.9 Å². The second-order valence-corrected chi connectivity index (χ2v) is 6.81. The van der Waals surface area contributed by atoms with E-state index in [-0.39, 0.29) is 41.6 Å². The molecule has 1 aromatic rings. The minimum atomic E-state index is -0.335. The van der Waals surface area contributed by atoms with Gasteiger partial charge in [0.05, 0.1) is 6.54 Å². The van der Waals surface area contributed by atoms with Crippen molar-refractivity contribution in [3.8, 4) is 5.75 Å². The lowest BCUT2D eigenvalue weighted by Crippen LogP contribution is -2.55. The number of halogens is 2. The molecular weight excluding hydrogens is 460 g/mol. The van der Waals surface area contributed by atoms with E-state index in [1.54, 1.807) is 25.2 Å². The molecule has 0 bridgehead atoms. The van der Waals surface area contributed by atoms with Gasteiger partial charge in [0, 0.05) is 39.3 Å². The number of ether oxygens (including phenoxy) is 1. The van der Waals surface area contributed by atoms with Crippen molar-refractivity contribution in [2.75, 3.05) is 53.9 Å². The van der Waals surface area contributed by atoms with Crippen LogP contribution in [0.3, 0.4) is 0 Å². The van der Waals surface area contributed by atoms with E-state index >= 15 is 0 Å². The van der Waals surface area contributed by atoms with Crippen LogP contribution in [0.1, 0.15) is 13.3 Å². The zero-order valence-corrected chi connectivity index (χ0v) is 19.1. The van der Waals surface area contributed by atoms with Crippen molar-refractivity contribution in [1.82, 2.24) is 20.4 Å². The smallest absolute Gasteiger partial charge is 0.191 e. The molecule has 2 N–H and O–H groups in total. The van der Waals surface area contributed by atoms with E-state index in [1.807, 2.05) is 6.92 Å². The van der Waals surface area contributed by atoms with Crippen LogP contribution in [0, 0.1) is 5.82 Å². The van der Waals surface area contributed by atoms with Gasteiger partial charge in [0.1, 0.15) is 6.10 Å². The Morgan fingerprint density at radius 1 is 1.30 bits per heavy atom. The summed E-state index contributed by atoms with van der Waals surface area (Å²) >= 11 is 0. The second kappa shape index (κ2) is 12.4. The quantitative estimate of drug-likeness (QED) is 0.346. The van der Waals surface area contributed by atoms with Crippen LogP contribution in [0.4, 0.5) is 4.39 Å². The maximum atomic E-state index is 13.8. The first kappa shape index (κ1) is 23.9. The van der Waals surface area contributed by atoms with Crippen LogP contribution in [-0.2, 0) is 0 Å². The number of hydrogen-bond donors (Lipinski definition) is 2. The van der Waals surface area contributed by atoms with Crippen LogP contribution in [0.2, 0.25) is 0 Å². The van der Waals surface area contributed by atoms with Gasteiger partial charge in [-0.1, -0.05) is 19.1 Å². The van der Waals surface area contributed by atoms with E-state index in [9.17, 15) is 4.39 Å². The molecule has 6 nitrogen and oxygen atoms in total. The lowest BCUT2D eigenvalue weighted by molar-refractivity contribution is 0.116. The molecule has 1 saturated heterocycles. The van der Waals surface area contributed by atoms with Gasteiger partial charge in [-0.15, -0.1) is 24.0 Å². The first-order valence-corrected chi connectivity index (χ1v) is 9.28. The number of aliphatic imine (C=N–C) groups is 1. The van der Waals surface area contributed by atoms with Crippen molar-refractivity contribution in [2.24, 2.45) is 4.99 Å². The van der Waals surface area contributed by atoms with Crippen LogP contribution >= 0.6 is 24.0 Å². The number of benzene rings is 1. The number of hydrogen-bond acceptors (Lipinski definition) is 4. The second-order valence-electron chi connectivity index (χ2n) is 6.81. The predicted molar refractivity (Wildman–Crippen MR) is 120 cm³/mol. The first-order chi connectivity index (χ1) is 12.5. The van der Waals surface area contributed by atoms with Crippen LogP contribution < -0.4 is 15.4 Å². The third-order valence-corrected chi connectivity index (χ3v) is 4.79. The summed E-state index contributed by atoms with van der Waals surface area (Å²) in [4.78, 5) is 9.00. The minimum Gasteiger partial charge on any atom is -0.486 e. The van der Waals surface area contributed by atoms with Gasteiger partial charge in [0.25, 0.3) is 0 Å². The molecule has 0 spiro atoms. The highest BCUT2D eigenvalue weighted by Crippen LogP contribution is 2.17. The van der Waals surface area contributed by atoms with Gasteiger partial charge in [-0.2, -0.15) is 0 Å². The van der Waals surface area contributed by atoms with Crippen molar-refractivity contribution in [3.05, 3.63) is 30.1 Å². The molecule has 0 amide bonds. The Kier molecular flexibility index (Phi) is 10.9. The molecule has 0 aliphatic carbocycles. The number of nitrogens with zero attached hydrogens (tertiary/aromatic N) is 3. The van der Waals surface area contributed by atoms with Gasteiger partial charge >= 0.3 is 0 Å². The SMILES string of the molecule is CCC(CNC(=NC)NCC1CN(C)CCN1C)Oc1ccccc1F.I. The Morgan fingerprint density at radius 2 is 2.04 bits per heavy atom. The monoisotopic (exact) mass is 493 g/mol. The predicted octanol–water partition coefficient (Wildman–Crippen LogP) is 2.01. The Labute approximate surface area is 179 Å². The van der Waals surface area contributed by atoms with E-state index in [1.165, 1.54) is 6.07 Å². The number of nitrogens with one attached hydrogen (secondary N) is 2. The topological polar surface area (TPSA) is 52.1 Å². The third kappa shape index (κ3) is 7.79. The fraction of sp³-hybridized carbons (Fsp3) is 0.632. The number of para-hydroxylation sites is 1. The van der Waals surface area contributed by atoms with Crippen LogP contribution in [0.25, 0.3) is 0 Å². The molecule has 154 valence electrons. The zero-order chi connectivity index (χ0) is 18.9. The lowest BCUT2D eigenvalue weighted by atomic mass is 10.2. The van der Waals surface area contributed by atoms with E-state index in [2.05, 4.69) is 39.5 Å². The molecule has 1 aliphatic heterocycles. The highest BCUT2D eigenvalue weighted by atomic mass is 127. The fourth-order valence-electron chi connectivity index (χ4n) is 2.96. The van der Waals surface area contributed by atoms with Crippen LogP contribution in [-0.4, -0.2) is 81.8 Å². The van der Waals surface area contributed by atoms with Crippen molar-refractivity contribution in [1.29, 1.82) is 0 Å². The molecule has 8 heteroatoms. The van der Waals surface area contributed by atoms with Gasteiger partial charge in [-0.3, -0.25) is 9.89 Å².